The van der Waals surface area contributed by atoms with Gasteiger partial charge in [0.2, 0.25) is 0 Å². The smallest absolute Gasteiger partial charge is 0.409 e. The SMILES string of the molecule is CC(CC(C(F)(F)F)C(F)(F)F)N(C)C(=O)OCC1c2ccccc2-c2ccccc21. The number of carbonyl (C=O) groups is 1. The standard InChI is InChI=1S/C22H21F6NO2/c1-13(11-19(21(23,24)25)22(26,27)28)29(2)20(30)31-12-18-16-9-5-3-7-14(16)15-8-4-6-10-17(15)18/h3-10,13,18-19H,11-12H2,1-2H3. The number of ether oxygens (including phenoxy) is 1. The Bertz CT molecular complexity index is 881. The van der Waals surface area contributed by atoms with Crippen LogP contribution in [0.25, 0.3) is 11.1 Å². The Morgan fingerprint density at radius 3 is 1.84 bits per heavy atom. The third kappa shape index (κ3) is 4.80. The first-order chi connectivity index (χ1) is 14.4. The minimum Gasteiger partial charge on any atom is -0.448 e. The van der Waals surface area contributed by atoms with Crippen LogP contribution in [0.1, 0.15) is 30.4 Å². The van der Waals surface area contributed by atoms with Crippen LogP contribution < -0.4 is 0 Å². The molecular weight excluding hydrogens is 424 g/mol. The third-order valence-corrected chi connectivity index (χ3v) is 5.65. The Hall–Kier alpha value is -2.71. The fourth-order valence-corrected chi connectivity index (χ4v) is 3.83. The second-order valence-corrected chi connectivity index (χ2v) is 7.64. The summed E-state index contributed by atoms with van der Waals surface area (Å²) in [5, 5.41) is 0. The summed E-state index contributed by atoms with van der Waals surface area (Å²) in [4.78, 5) is 13.2. The van der Waals surface area contributed by atoms with E-state index in [0.29, 0.717) is 0 Å². The predicted octanol–water partition coefficient (Wildman–Crippen LogP) is 6.39. The summed E-state index contributed by atoms with van der Waals surface area (Å²) in [6.07, 6.45) is -13.2. The maximum absolute atomic E-state index is 12.8. The molecule has 0 aliphatic heterocycles. The Morgan fingerprint density at radius 1 is 0.935 bits per heavy atom. The molecule has 3 rings (SSSR count). The van der Waals surface area contributed by atoms with Crippen LogP contribution in [-0.4, -0.2) is 43.0 Å². The molecule has 0 saturated heterocycles. The summed E-state index contributed by atoms with van der Waals surface area (Å²) in [5.74, 6) is -3.78. The molecule has 0 aromatic heterocycles. The first kappa shape index (κ1) is 23.0. The molecular formula is C22H21F6NO2. The van der Waals surface area contributed by atoms with E-state index in [1.165, 1.54) is 0 Å². The molecule has 31 heavy (non-hydrogen) atoms. The van der Waals surface area contributed by atoms with Crippen molar-refractivity contribution in [2.75, 3.05) is 13.7 Å². The van der Waals surface area contributed by atoms with Crippen molar-refractivity contribution < 1.29 is 35.9 Å². The Labute approximate surface area is 175 Å². The fraction of sp³-hybridized carbons (Fsp3) is 0.409. The van der Waals surface area contributed by atoms with Crippen molar-refractivity contribution >= 4 is 6.09 Å². The maximum Gasteiger partial charge on any atom is 0.409 e. The van der Waals surface area contributed by atoms with Gasteiger partial charge in [0.25, 0.3) is 0 Å². The second kappa shape index (κ2) is 8.43. The molecule has 1 aliphatic carbocycles. The number of hydrogen-bond donors (Lipinski definition) is 0. The lowest BCUT2D eigenvalue weighted by atomic mass is 9.98. The van der Waals surface area contributed by atoms with Gasteiger partial charge in [0.1, 0.15) is 6.61 Å². The molecule has 0 bridgehead atoms. The van der Waals surface area contributed by atoms with Gasteiger partial charge in [0.15, 0.2) is 5.92 Å². The van der Waals surface area contributed by atoms with E-state index in [1.807, 2.05) is 48.5 Å². The Morgan fingerprint density at radius 2 is 1.39 bits per heavy atom. The normalized spacial score (nSPS) is 14.9. The van der Waals surface area contributed by atoms with E-state index >= 15 is 0 Å². The molecule has 0 saturated carbocycles. The number of rotatable bonds is 5. The van der Waals surface area contributed by atoms with Crippen LogP contribution >= 0.6 is 0 Å². The number of nitrogens with zero attached hydrogens (tertiary/aromatic N) is 1. The van der Waals surface area contributed by atoms with E-state index in [0.717, 1.165) is 41.1 Å². The number of carbonyl (C=O) groups excluding carboxylic acids is 1. The van der Waals surface area contributed by atoms with Crippen molar-refractivity contribution in [2.24, 2.45) is 5.92 Å². The van der Waals surface area contributed by atoms with E-state index in [4.69, 9.17) is 4.74 Å². The van der Waals surface area contributed by atoms with Crippen LogP contribution in [0.15, 0.2) is 48.5 Å². The summed E-state index contributed by atoms with van der Waals surface area (Å²) >= 11 is 0. The summed E-state index contributed by atoms with van der Waals surface area (Å²) in [5.41, 5.74) is 3.89. The van der Waals surface area contributed by atoms with Gasteiger partial charge in [-0.25, -0.2) is 4.79 Å². The van der Waals surface area contributed by atoms with Crippen molar-refractivity contribution in [3.8, 4) is 11.1 Å². The summed E-state index contributed by atoms with van der Waals surface area (Å²) in [6.45, 7) is 1.05. The second-order valence-electron chi connectivity index (χ2n) is 7.64. The van der Waals surface area contributed by atoms with Gasteiger partial charge in [-0.2, -0.15) is 26.3 Å². The van der Waals surface area contributed by atoms with Crippen LogP contribution in [0.4, 0.5) is 31.1 Å². The zero-order valence-corrected chi connectivity index (χ0v) is 16.8. The first-order valence-corrected chi connectivity index (χ1v) is 9.62. The van der Waals surface area contributed by atoms with Gasteiger partial charge >= 0.3 is 18.4 Å². The van der Waals surface area contributed by atoms with Gasteiger partial charge in [-0.1, -0.05) is 48.5 Å². The molecule has 9 heteroatoms. The maximum atomic E-state index is 12.8. The van der Waals surface area contributed by atoms with Gasteiger partial charge in [-0.05, 0) is 35.6 Å². The van der Waals surface area contributed by atoms with Crippen molar-refractivity contribution in [3.63, 3.8) is 0 Å². The monoisotopic (exact) mass is 445 g/mol. The van der Waals surface area contributed by atoms with Crippen LogP contribution in [0.5, 0.6) is 0 Å². The highest BCUT2D eigenvalue weighted by molar-refractivity contribution is 5.79. The molecule has 2 aromatic carbocycles. The van der Waals surface area contributed by atoms with E-state index in [-0.39, 0.29) is 12.5 Å². The van der Waals surface area contributed by atoms with Crippen LogP contribution in [0, 0.1) is 5.92 Å². The molecule has 168 valence electrons. The highest BCUT2D eigenvalue weighted by Crippen LogP contribution is 2.45. The number of halogens is 6. The average Bonchev–Trinajstić information content (AvgIpc) is 3.01. The topological polar surface area (TPSA) is 29.5 Å². The molecule has 3 nitrogen and oxygen atoms in total. The van der Waals surface area contributed by atoms with E-state index < -0.39 is 36.8 Å². The number of fused-ring (bicyclic) bond motifs is 3. The van der Waals surface area contributed by atoms with Crippen LogP contribution in [-0.2, 0) is 4.74 Å². The van der Waals surface area contributed by atoms with E-state index in [1.54, 1.807) is 0 Å². The number of hydrogen-bond acceptors (Lipinski definition) is 2. The summed E-state index contributed by atoms with van der Waals surface area (Å²) in [7, 11) is 1.13. The zero-order valence-electron chi connectivity index (χ0n) is 16.8. The Kier molecular flexibility index (Phi) is 6.25. The van der Waals surface area contributed by atoms with Gasteiger partial charge < -0.3 is 9.64 Å². The largest absolute Gasteiger partial charge is 0.448 e. The van der Waals surface area contributed by atoms with Gasteiger partial charge in [-0.15, -0.1) is 0 Å². The Balaban J connectivity index is 1.68. The minimum atomic E-state index is -5.45. The average molecular weight is 445 g/mol. The lowest BCUT2D eigenvalue weighted by molar-refractivity contribution is -0.287. The molecule has 1 amide bonds. The highest BCUT2D eigenvalue weighted by Gasteiger charge is 2.57. The number of alkyl halides is 6. The summed E-state index contributed by atoms with van der Waals surface area (Å²) in [6, 6.07) is 13.8. The van der Waals surface area contributed by atoms with Gasteiger partial charge in [-0.3, -0.25) is 0 Å². The highest BCUT2D eigenvalue weighted by atomic mass is 19.4. The molecule has 0 fully saturated rings. The lowest BCUT2D eigenvalue weighted by Gasteiger charge is -2.30. The van der Waals surface area contributed by atoms with Crippen molar-refractivity contribution in [1.29, 1.82) is 0 Å². The van der Waals surface area contributed by atoms with Gasteiger partial charge in [0.05, 0.1) is 0 Å². The summed E-state index contributed by atoms with van der Waals surface area (Å²) < 4.78 is 82.2. The van der Waals surface area contributed by atoms with E-state index in [9.17, 15) is 31.1 Å². The first-order valence-electron chi connectivity index (χ1n) is 9.62. The fourth-order valence-electron chi connectivity index (χ4n) is 3.83. The number of amides is 1. The molecule has 1 atom stereocenters. The van der Waals surface area contributed by atoms with Crippen LogP contribution in [0.2, 0.25) is 0 Å². The molecule has 1 unspecified atom stereocenters. The van der Waals surface area contributed by atoms with Crippen LogP contribution in [0.3, 0.4) is 0 Å². The van der Waals surface area contributed by atoms with Crippen molar-refractivity contribution in [1.82, 2.24) is 4.90 Å². The zero-order chi connectivity index (χ0) is 23.0. The lowest BCUT2D eigenvalue weighted by Crippen LogP contribution is -2.44. The minimum absolute atomic E-state index is 0.0775. The van der Waals surface area contributed by atoms with Crippen molar-refractivity contribution in [2.45, 2.75) is 37.7 Å². The molecule has 0 N–H and O–H groups in total. The third-order valence-electron chi connectivity index (χ3n) is 5.65. The van der Waals surface area contributed by atoms with E-state index in [2.05, 4.69) is 0 Å². The van der Waals surface area contributed by atoms with Crippen molar-refractivity contribution in [3.05, 3.63) is 59.7 Å². The molecule has 0 heterocycles. The molecule has 0 radical (unpaired) electrons. The van der Waals surface area contributed by atoms with Gasteiger partial charge in [0, 0.05) is 19.0 Å². The quantitative estimate of drug-likeness (QED) is 0.500. The molecule has 2 aromatic rings. The molecule has 1 aliphatic rings. The predicted molar refractivity (Wildman–Crippen MR) is 103 cm³/mol. The molecule has 0 spiro atoms. The number of benzene rings is 2.